The molecule has 3 aromatic rings. The lowest BCUT2D eigenvalue weighted by molar-refractivity contribution is 0.143. The Morgan fingerprint density at radius 1 is 1.26 bits per heavy atom. The van der Waals surface area contributed by atoms with E-state index in [1.54, 1.807) is 19.4 Å². The predicted octanol–water partition coefficient (Wildman–Crippen LogP) is 1.18. The molecule has 8 nitrogen and oxygen atoms in total. The van der Waals surface area contributed by atoms with Gasteiger partial charge in [0.25, 0.3) is 5.56 Å². The van der Waals surface area contributed by atoms with Gasteiger partial charge in [-0.2, -0.15) is 4.52 Å². The van der Waals surface area contributed by atoms with Crippen LogP contribution < -0.4 is 15.6 Å². The Kier molecular flexibility index (Phi) is 4.79. The van der Waals surface area contributed by atoms with Gasteiger partial charge in [-0.15, -0.1) is 5.10 Å². The van der Waals surface area contributed by atoms with Crippen LogP contribution in [-0.4, -0.2) is 39.9 Å². The van der Waals surface area contributed by atoms with Crippen LogP contribution in [0.3, 0.4) is 0 Å². The highest BCUT2D eigenvalue weighted by atomic mass is 32.1. The number of hydrogen-bond acceptors (Lipinski definition) is 8. The molecule has 0 saturated carbocycles. The molecule has 0 atom stereocenters. The van der Waals surface area contributed by atoms with E-state index in [1.165, 1.54) is 28.1 Å². The lowest BCUT2D eigenvalue weighted by Crippen LogP contribution is -2.12. The summed E-state index contributed by atoms with van der Waals surface area (Å²) < 4.78 is 11.6. The van der Waals surface area contributed by atoms with Gasteiger partial charge in [0.2, 0.25) is 16.0 Å². The number of rotatable bonds is 7. The van der Waals surface area contributed by atoms with Gasteiger partial charge in [-0.05, 0) is 5.56 Å². The van der Waals surface area contributed by atoms with Crippen molar-refractivity contribution in [2.45, 2.75) is 6.54 Å². The van der Waals surface area contributed by atoms with E-state index in [-0.39, 0.29) is 5.56 Å². The van der Waals surface area contributed by atoms with E-state index in [2.05, 4.69) is 20.4 Å². The molecule has 0 aromatic carbocycles. The molecule has 3 heterocycles. The lowest BCUT2D eigenvalue weighted by atomic mass is 10.3. The molecular weight excluding hydrogens is 318 g/mol. The quantitative estimate of drug-likeness (QED) is 0.649. The fourth-order valence-electron chi connectivity index (χ4n) is 1.82. The number of nitrogens with one attached hydrogen (secondary N) is 1. The first-order valence-corrected chi connectivity index (χ1v) is 7.73. The van der Waals surface area contributed by atoms with E-state index in [0.29, 0.717) is 35.7 Å². The molecule has 0 spiro atoms. The zero-order chi connectivity index (χ0) is 16.1. The van der Waals surface area contributed by atoms with Gasteiger partial charge in [0.1, 0.15) is 6.61 Å². The van der Waals surface area contributed by atoms with Crippen molar-refractivity contribution >= 4 is 21.4 Å². The Morgan fingerprint density at radius 3 is 2.91 bits per heavy atom. The second-order valence-electron chi connectivity index (χ2n) is 4.58. The lowest BCUT2D eigenvalue weighted by Gasteiger charge is -2.06. The third-order valence-corrected chi connectivity index (χ3v) is 3.83. The monoisotopic (exact) mass is 333 g/mol. The van der Waals surface area contributed by atoms with E-state index in [1.807, 2.05) is 6.07 Å². The second-order valence-corrected chi connectivity index (χ2v) is 5.54. The van der Waals surface area contributed by atoms with Gasteiger partial charge < -0.3 is 14.8 Å². The standard InChI is InChI=1S/C14H15N5O3S/c1-21-6-7-22-11-3-2-10(8-16-11)9-17-13-18-19-12(20)4-5-15-14(19)23-13/h2-5,8H,6-7,9H2,1H3,(H,17,18). The first-order chi connectivity index (χ1) is 11.3. The Labute approximate surface area is 135 Å². The Morgan fingerprint density at radius 2 is 2.17 bits per heavy atom. The summed E-state index contributed by atoms with van der Waals surface area (Å²) in [5.41, 5.74) is 0.780. The van der Waals surface area contributed by atoms with Gasteiger partial charge in [-0.1, -0.05) is 17.4 Å². The molecule has 0 unspecified atom stereocenters. The second kappa shape index (κ2) is 7.16. The summed E-state index contributed by atoms with van der Waals surface area (Å²) in [5, 5.41) is 7.97. The van der Waals surface area contributed by atoms with Crippen LogP contribution in [-0.2, 0) is 11.3 Å². The molecule has 0 bridgehead atoms. The summed E-state index contributed by atoms with van der Waals surface area (Å²) in [6, 6.07) is 5.10. The van der Waals surface area contributed by atoms with Crippen LogP contribution in [0.4, 0.5) is 5.13 Å². The minimum absolute atomic E-state index is 0.196. The predicted molar refractivity (Wildman–Crippen MR) is 86.1 cm³/mol. The average Bonchev–Trinajstić information content (AvgIpc) is 2.99. The van der Waals surface area contributed by atoms with Crippen LogP contribution in [0.2, 0.25) is 0 Å². The molecule has 9 heteroatoms. The van der Waals surface area contributed by atoms with E-state index in [4.69, 9.17) is 9.47 Å². The number of fused-ring (bicyclic) bond motifs is 1. The number of pyridine rings is 1. The summed E-state index contributed by atoms with van der Waals surface area (Å²) in [4.78, 5) is 20.5. The van der Waals surface area contributed by atoms with Crippen molar-refractivity contribution < 1.29 is 9.47 Å². The van der Waals surface area contributed by atoms with E-state index in [9.17, 15) is 4.79 Å². The van der Waals surface area contributed by atoms with Gasteiger partial charge in [-0.25, -0.2) is 9.97 Å². The molecular formula is C14H15N5O3S. The molecule has 0 aliphatic heterocycles. The molecule has 0 aliphatic carbocycles. The molecule has 0 fully saturated rings. The molecule has 0 radical (unpaired) electrons. The van der Waals surface area contributed by atoms with Crippen LogP contribution >= 0.6 is 11.3 Å². The minimum atomic E-state index is -0.196. The Hall–Kier alpha value is -2.52. The number of hydrogen-bond donors (Lipinski definition) is 1. The first kappa shape index (κ1) is 15.4. The normalized spacial score (nSPS) is 10.8. The topological polar surface area (TPSA) is 90.6 Å². The molecule has 3 aromatic heterocycles. The van der Waals surface area contributed by atoms with Crippen LogP contribution in [0.1, 0.15) is 5.56 Å². The number of methoxy groups -OCH3 is 1. The molecule has 0 saturated heterocycles. The van der Waals surface area contributed by atoms with Crippen LogP contribution in [0.5, 0.6) is 5.88 Å². The molecule has 0 amide bonds. The molecule has 23 heavy (non-hydrogen) atoms. The van der Waals surface area contributed by atoms with Gasteiger partial charge >= 0.3 is 0 Å². The Bertz CT molecular complexity index is 830. The summed E-state index contributed by atoms with van der Waals surface area (Å²) in [6.45, 7) is 1.53. The average molecular weight is 333 g/mol. The molecule has 3 rings (SSSR count). The van der Waals surface area contributed by atoms with E-state index >= 15 is 0 Å². The van der Waals surface area contributed by atoms with Crippen molar-refractivity contribution in [1.29, 1.82) is 0 Å². The number of ether oxygens (including phenoxy) is 2. The van der Waals surface area contributed by atoms with E-state index in [0.717, 1.165) is 5.56 Å². The number of anilines is 1. The summed E-state index contributed by atoms with van der Waals surface area (Å²) in [5.74, 6) is 0.557. The van der Waals surface area contributed by atoms with Crippen molar-refractivity contribution in [3.8, 4) is 5.88 Å². The minimum Gasteiger partial charge on any atom is -0.475 e. The summed E-state index contributed by atoms with van der Waals surface area (Å²) >= 11 is 1.32. The highest BCUT2D eigenvalue weighted by Gasteiger charge is 2.05. The fraction of sp³-hybridized carbons (Fsp3) is 0.286. The highest BCUT2D eigenvalue weighted by Crippen LogP contribution is 2.17. The molecule has 120 valence electrons. The van der Waals surface area contributed by atoms with Crippen LogP contribution in [0.25, 0.3) is 4.96 Å². The summed E-state index contributed by atoms with van der Waals surface area (Å²) in [7, 11) is 1.62. The maximum absolute atomic E-state index is 11.6. The Balaban J connectivity index is 1.61. The zero-order valence-electron chi connectivity index (χ0n) is 12.4. The van der Waals surface area contributed by atoms with Crippen molar-refractivity contribution in [2.75, 3.05) is 25.6 Å². The third-order valence-electron chi connectivity index (χ3n) is 2.95. The highest BCUT2D eigenvalue weighted by molar-refractivity contribution is 7.20. The van der Waals surface area contributed by atoms with Gasteiger partial charge in [0.15, 0.2) is 0 Å². The zero-order valence-corrected chi connectivity index (χ0v) is 13.2. The van der Waals surface area contributed by atoms with E-state index < -0.39 is 0 Å². The van der Waals surface area contributed by atoms with Crippen molar-refractivity contribution in [3.05, 3.63) is 46.5 Å². The third kappa shape index (κ3) is 3.82. The maximum atomic E-state index is 11.6. The van der Waals surface area contributed by atoms with Crippen molar-refractivity contribution in [3.63, 3.8) is 0 Å². The maximum Gasteiger partial charge on any atom is 0.275 e. The van der Waals surface area contributed by atoms with Gasteiger partial charge in [0.05, 0.1) is 6.61 Å². The molecule has 0 aliphatic rings. The SMILES string of the molecule is COCCOc1ccc(CNc2nn3c(=O)ccnc3s2)cn1. The summed E-state index contributed by atoms with van der Waals surface area (Å²) in [6.07, 6.45) is 3.21. The number of nitrogens with zero attached hydrogens (tertiary/aromatic N) is 4. The largest absolute Gasteiger partial charge is 0.475 e. The van der Waals surface area contributed by atoms with Crippen LogP contribution in [0, 0.1) is 0 Å². The van der Waals surface area contributed by atoms with Gasteiger partial charge in [-0.3, -0.25) is 4.79 Å². The first-order valence-electron chi connectivity index (χ1n) is 6.92. The smallest absolute Gasteiger partial charge is 0.275 e. The van der Waals surface area contributed by atoms with Gasteiger partial charge in [0, 0.05) is 38.2 Å². The van der Waals surface area contributed by atoms with Crippen molar-refractivity contribution in [2.24, 2.45) is 0 Å². The molecule has 1 N–H and O–H groups in total. The fourth-order valence-corrected chi connectivity index (χ4v) is 2.59. The van der Waals surface area contributed by atoms with Crippen LogP contribution in [0.15, 0.2) is 35.4 Å². The number of aromatic nitrogens is 4. The van der Waals surface area contributed by atoms with Crippen molar-refractivity contribution in [1.82, 2.24) is 19.6 Å².